The van der Waals surface area contributed by atoms with Gasteiger partial charge in [-0.3, -0.25) is 0 Å². The normalized spacial score (nSPS) is 15.1. The third-order valence-corrected chi connectivity index (χ3v) is 2.11. The van der Waals surface area contributed by atoms with E-state index in [1.807, 2.05) is 40.7 Å². The maximum atomic E-state index is 3.83. The molecule has 1 aliphatic rings. The van der Waals surface area contributed by atoms with E-state index in [0.717, 1.165) is 13.0 Å². The highest BCUT2D eigenvalue weighted by Crippen LogP contribution is 2.16. The van der Waals surface area contributed by atoms with Crippen LogP contribution in [0.2, 0.25) is 0 Å². The largest absolute Gasteiger partial charge is 0.385 e. The first-order valence-electron chi connectivity index (χ1n) is 6.60. The number of rotatable bonds is 2. The first kappa shape index (κ1) is 17.4. The number of hydrogen-bond acceptors (Lipinski definition) is 1. The molecule has 0 atom stereocenters. The predicted molar refractivity (Wildman–Crippen MR) is 76.6 cm³/mol. The van der Waals surface area contributed by atoms with Gasteiger partial charge in [-0.2, -0.15) is 0 Å². The maximum Gasteiger partial charge on any atom is 0.0369 e. The Hall–Kier alpha value is -0.980. The zero-order valence-electron chi connectivity index (χ0n) is 11.8. The van der Waals surface area contributed by atoms with Crippen LogP contribution < -0.4 is 5.32 Å². The Morgan fingerprint density at radius 1 is 1.12 bits per heavy atom. The van der Waals surface area contributed by atoms with Crippen molar-refractivity contribution >= 4 is 0 Å². The van der Waals surface area contributed by atoms with E-state index in [2.05, 4.69) is 24.0 Å². The Bertz CT molecular complexity index is 211. The zero-order chi connectivity index (χ0) is 12.8. The van der Waals surface area contributed by atoms with Crippen LogP contribution in [0.5, 0.6) is 0 Å². The molecule has 0 radical (unpaired) electrons. The standard InChI is InChI=1S/C11H17N.2C2H6/c1-3-7-11-10(4-2)8-5-6-9-12-11;2*1-2/h3-4,7,12H,2,5-6,8-9H2,1H3;2*1-2H3/b7-3-;;. The lowest BCUT2D eigenvalue weighted by Crippen LogP contribution is -2.12. The Balaban J connectivity index is 0. The van der Waals surface area contributed by atoms with Crippen LogP contribution in [0.1, 0.15) is 53.9 Å². The monoisotopic (exact) mass is 223 g/mol. The average molecular weight is 223 g/mol. The molecule has 0 aromatic carbocycles. The quantitative estimate of drug-likeness (QED) is 0.707. The Kier molecular flexibility index (Phi) is 15.3. The molecule has 0 fully saturated rings. The lowest BCUT2D eigenvalue weighted by atomic mass is 10.1. The molecule has 16 heavy (non-hydrogen) atoms. The molecule has 1 N–H and O–H groups in total. The molecule has 0 aromatic heterocycles. The van der Waals surface area contributed by atoms with Gasteiger partial charge >= 0.3 is 0 Å². The van der Waals surface area contributed by atoms with Crippen molar-refractivity contribution in [2.45, 2.75) is 53.9 Å². The van der Waals surface area contributed by atoms with Crippen molar-refractivity contribution in [3.05, 3.63) is 36.1 Å². The molecule has 1 heteroatoms. The van der Waals surface area contributed by atoms with E-state index in [-0.39, 0.29) is 0 Å². The second-order valence-corrected chi connectivity index (χ2v) is 3.03. The van der Waals surface area contributed by atoms with E-state index in [1.54, 1.807) is 0 Å². The molecule has 0 aliphatic carbocycles. The van der Waals surface area contributed by atoms with Crippen molar-refractivity contribution < 1.29 is 0 Å². The highest BCUT2D eigenvalue weighted by atomic mass is 14.9. The minimum absolute atomic E-state index is 1.09. The van der Waals surface area contributed by atoms with Crippen molar-refractivity contribution in [1.29, 1.82) is 0 Å². The van der Waals surface area contributed by atoms with Gasteiger partial charge in [-0.1, -0.05) is 46.4 Å². The van der Waals surface area contributed by atoms with Crippen LogP contribution >= 0.6 is 0 Å². The lowest BCUT2D eigenvalue weighted by Gasteiger charge is -2.05. The van der Waals surface area contributed by atoms with Gasteiger partial charge in [0.1, 0.15) is 0 Å². The molecule has 0 saturated carbocycles. The van der Waals surface area contributed by atoms with Crippen molar-refractivity contribution in [2.75, 3.05) is 6.54 Å². The highest BCUT2D eigenvalue weighted by Gasteiger charge is 2.04. The molecule has 0 spiro atoms. The summed E-state index contributed by atoms with van der Waals surface area (Å²) in [7, 11) is 0. The van der Waals surface area contributed by atoms with Crippen molar-refractivity contribution in [3.8, 4) is 0 Å². The molecule has 0 saturated heterocycles. The highest BCUT2D eigenvalue weighted by molar-refractivity contribution is 5.31. The van der Waals surface area contributed by atoms with Gasteiger partial charge in [-0.05, 0) is 37.8 Å². The molecule has 0 amide bonds. The molecule has 0 unspecified atom stereocenters. The summed E-state index contributed by atoms with van der Waals surface area (Å²) in [4.78, 5) is 0. The van der Waals surface area contributed by atoms with Crippen LogP contribution in [0, 0.1) is 0 Å². The summed E-state index contributed by atoms with van der Waals surface area (Å²) in [6.07, 6.45) is 9.86. The summed E-state index contributed by atoms with van der Waals surface area (Å²) in [5, 5.41) is 3.41. The minimum Gasteiger partial charge on any atom is -0.385 e. The number of allylic oxidation sites excluding steroid dienone is 4. The SMILES string of the molecule is C=CC1=C(/C=C\C)NCCCC1.CC.CC. The molecule has 1 aliphatic heterocycles. The number of hydrogen-bond donors (Lipinski definition) is 1. The van der Waals surface area contributed by atoms with E-state index in [9.17, 15) is 0 Å². The molecule has 94 valence electrons. The molecular weight excluding hydrogens is 194 g/mol. The van der Waals surface area contributed by atoms with Crippen LogP contribution in [0.15, 0.2) is 36.1 Å². The summed E-state index contributed by atoms with van der Waals surface area (Å²) in [6, 6.07) is 0. The lowest BCUT2D eigenvalue weighted by molar-refractivity contribution is 0.720. The summed E-state index contributed by atoms with van der Waals surface area (Å²) >= 11 is 0. The third kappa shape index (κ3) is 7.33. The van der Waals surface area contributed by atoms with Gasteiger partial charge in [0.05, 0.1) is 0 Å². The van der Waals surface area contributed by atoms with Crippen LogP contribution in [-0.2, 0) is 0 Å². The van der Waals surface area contributed by atoms with Gasteiger partial charge in [0.15, 0.2) is 0 Å². The predicted octanol–water partition coefficient (Wildman–Crippen LogP) is 4.83. The van der Waals surface area contributed by atoms with Crippen LogP contribution in [0.4, 0.5) is 0 Å². The molecule has 1 heterocycles. The second kappa shape index (κ2) is 14.0. The van der Waals surface area contributed by atoms with Gasteiger partial charge in [0, 0.05) is 12.2 Å². The molecule has 0 bridgehead atoms. The molecular formula is C15H29N. The van der Waals surface area contributed by atoms with Crippen LogP contribution in [0.3, 0.4) is 0 Å². The second-order valence-electron chi connectivity index (χ2n) is 3.03. The van der Waals surface area contributed by atoms with Gasteiger partial charge in [0.25, 0.3) is 0 Å². The maximum absolute atomic E-state index is 3.83. The first-order chi connectivity index (χ1) is 7.88. The number of nitrogens with one attached hydrogen (secondary N) is 1. The van der Waals surface area contributed by atoms with Crippen LogP contribution in [0.25, 0.3) is 0 Å². The van der Waals surface area contributed by atoms with E-state index >= 15 is 0 Å². The van der Waals surface area contributed by atoms with Gasteiger partial charge < -0.3 is 5.32 Å². The minimum atomic E-state index is 1.09. The smallest absolute Gasteiger partial charge is 0.0369 e. The summed E-state index contributed by atoms with van der Waals surface area (Å²) in [6.45, 7) is 15.0. The topological polar surface area (TPSA) is 12.0 Å². The molecule has 1 nitrogen and oxygen atoms in total. The summed E-state index contributed by atoms with van der Waals surface area (Å²) in [5.74, 6) is 0. The van der Waals surface area contributed by atoms with Gasteiger partial charge in [0.2, 0.25) is 0 Å². The first-order valence-corrected chi connectivity index (χ1v) is 6.60. The van der Waals surface area contributed by atoms with Gasteiger partial charge in [-0.15, -0.1) is 0 Å². The fourth-order valence-corrected chi connectivity index (χ4v) is 1.46. The van der Waals surface area contributed by atoms with Gasteiger partial charge in [-0.25, -0.2) is 0 Å². The molecule has 0 aromatic rings. The fourth-order valence-electron chi connectivity index (χ4n) is 1.46. The molecule has 1 rings (SSSR count). The summed E-state index contributed by atoms with van der Waals surface area (Å²) in [5.41, 5.74) is 2.61. The average Bonchev–Trinajstić information content (AvgIpc) is 2.60. The third-order valence-electron chi connectivity index (χ3n) is 2.11. The zero-order valence-corrected chi connectivity index (χ0v) is 11.8. The Labute approximate surface area is 102 Å². The Morgan fingerprint density at radius 2 is 1.75 bits per heavy atom. The van der Waals surface area contributed by atoms with E-state index in [0.29, 0.717) is 0 Å². The van der Waals surface area contributed by atoms with E-state index in [1.165, 1.54) is 24.1 Å². The van der Waals surface area contributed by atoms with E-state index < -0.39 is 0 Å². The van der Waals surface area contributed by atoms with Crippen molar-refractivity contribution in [1.82, 2.24) is 5.32 Å². The van der Waals surface area contributed by atoms with Crippen molar-refractivity contribution in [2.24, 2.45) is 0 Å². The Morgan fingerprint density at radius 3 is 2.25 bits per heavy atom. The van der Waals surface area contributed by atoms with Crippen LogP contribution in [-0.4, -0.2) is 6.54 Å². The van der Waals surface area contributed by atoms with Crippen molar-refractivity contribution in [3.63, 3.8) is 0 Å². The fraction of sp³-hybridized carbons (Fsp3) is 0.600. The summed E-state index contributed by atoms with van der Waals surface area (Å²) < 4.78 is 0. The van der Waals surface area contributed by atoms with E-state index in [4.69, 9.17) is 0 Å².